The van der Waals surface area contributed by atoms with E-state index in [9.17, 15) is 14.7 Å². The van der Waals surface area contributed by atoms with Gasteiger partial charge in [0.05, 0.1) is 26.6 Å². The second kappa shape index (κ2) is 16.5. The number of esters is 1. The van der Waals surface area contributed by atoms with Crippen LogP contribution in [0, 0.1) is 5.92 Å². The molecule has 3 rings (SSSR count). The van der Waals surface area contributed by atoms with Crippen molar-refractivity contribution < 1.29 is 28.9 Å². The van der Waals surface area contributed by atoms with Gasteiger partial charge in [-0.05, 0) is 30.7 Å². The molecule has 0 heterocycles. The molecule has 0 saturated heterocycles. The van der Waals surface area contributed by atoms with E-state index in [4.69, 9.17) is 14.2 Å². The van der Waals surface area contributed by atoms with Crippen molar-refractivity contribution in [1.82, 2.24) is 0 Å². The second-order valence-electron chi connectivity index (χ2n) is 10.5. The summed E-state index contributed by atoms with van der Waals surface area (Å²) in [6.45, 7) is 2.21. The molecule has 220 valence electrons. The van der Waals surface area contributed by atoms with Crippen LogP contribution in [-0.4, -0.2) is 31.3 Å². The van der Waals surface area contributed by atoms with Crippen molar-refractivity contribution in [2.45, 2.75) is 76.7 Å². The van der Waals surface area contributed by atoms with Crippen LogP contribution in [0.25, 0.3) is 0 Å². The van der Waals surface area contributed by atoms with Crippen molar-refractivity contribution in [2.24, 2.45) is 5.92 Å². The molecule has 0 aliphatic rings. The maximum Gasteiger partial charge on any atom is 0.311 e. The van der Waals surface area contributed by atoms with Gasteiger partial charge < -0.3 is 19.3 Å². The second-order valence-corrected chi connectivity index (χ2v) is 10.5. The summed E-state index contributed by atoms with van der Waals surface area (Å²) in [5.41, 5.74) is 0.894. The molecular weight excluding hydrogens is 516 g/mol. The van der Waals surface area contributed by atoms with E-state index in [2.05, 4.69) is 6.92 Å². The minimum atomic E-state index is -1.31. The number of carboxylic acids is 1. The van der Waals surface area contributed by atoms with E-state index in [1.807, 2.05) is 78.9 Å². The molecule has 0 aromatic heterocycles. The molecule has 0 aliphatic carbocycles. The van der Waals surface area contributed by atoms with Crippen LogP contribution in [0.2, 0.25) is 0 Å². The van der Waals surface area contributed by atoms with Gasteiger partial charge in [-0.1, -0.05) is 113 Å². The Bertz CT molecular complexity index is 1140. The maximum atomic E-state index is 14.0. The lowest BCUT2D eigenvalue weighted by Crippen LogP contribution is -2.38. The smallest absolute Gasteiger partial charge is 0.311 e. The van der Waals surface area contributed by atoms with Crippen LogP contribution in [-0.2, 0) is 19.9 Å². The van der Waals surface area contributed by atoms with Gasteiger partial charge in [-0.3, -0.25) is 9.59 Å². The van der Waals surface area contributed by atoms with Crippen LogP contribution in [0.1, 0.15) is 87.8 Å². The van der Waals surface area contributed by atoms with E-state index in [1.54, 1.807) is 14.2 Å². The fourth-order valence-electron chi connectivity index (χ4n) is 5.27. The topological polar surface area (TPSA) is 82.1 Å². The molecule has 0 fully saturated rings. The third-order valence-corrected chi connectivity index (χ3v) is 7.59. The lowest BCUT2D eigenvalue weighted by Gasteiger charge is -2.36. The molecule has 6 nitrogen and oxygen atoms in total. The van der Waals surface area contributed by atoms with Crippen molar-refractivity contribution in [3.05, 3.63) is 95.6 Å². The molecule has 0 aliphatic heterocycles. The van der Waals surface area contributed by atoms with Crippen LogP contribution < -0.4 is 9.47 Å². The third-order valence-electron chi connectivity index (χ3n) is 7.59. The zero-order valence-electron chi connectivity index (χ0n) is 24.6. The van der Waals surface area contributed by atoms with Crippen LogP contribution >= 0.6 is 0 Å². The average molecular weight is 561 g/mol. The van der Waals surface area contributed by atoms with Crippen LogP contribution in [0.3, 0.4) is 0 Å². The Balaban J connectivity index is 1.96. The van der Waals surface area contributed by atoms with Crippen LogP contribution in [0.15, 0.2) is 78.9 Å². The Hall–Kier alpha value is -3.80. The number of ether oxygens (including phenoxy) is 3. The first-order chi connectivity index (χ1) is 19.9. The van der Waals surface area contributed by atoms with E-state index in [0.29, 0.717) is 17.9 Å². The van der Waals surface area contributed by atoms with Gasteiger partial charge in [0.1, 0.15) is 11.5 Å². The predicted molar refractivity (Wildman–Crippen MR) is 161 cm³/mol. The third kappa shape index (κ3) is 8.84. The van der Waals surface area contributed by atoms with Gasteiger partial charge in [-0.15, -0.1) is 0 Å². The highest BCUT2D eigenvalue weighted by Crippen LogP contribution is 2.42. The molecule has 1 N–H and O–H groups in total. The molecule has 0 spiro atoms. The molecule has 3 aromatic rings. The summed E-state index contributed by atoms with van der Waals surface area (Å²) in [6.07, 6.45) is 9.15. The summed E-state index contributed by atoms with van der Waals surface area (Å²) < 4.78 is 17.3. The first-order valence-corrected chi connectivity index (χ1v) is 14.7. The van der Waals surface area contributed by atoms with Crippen LogP contribution in [0.4, 0.5) is 0 Å². The summed E-state index contributed by atoms with van der Waals surface area (Å²) in [5.74, 6) is -0.936. The zero-order chi connectivity index (χ0) is 29.5. The zero-order valence-corrected chi connectivity index (χ0v) is 24.6. The average Bonchev–Trinajstić information content (AvgIpc) is 3.01. The SMILES string of the molecule is CCCCCCCCCCC(CC(=O)O)C(=O)OC(c1ccccc1)(c1ccc(OC)cc1)c1ccc(OC)cc1. The van der Waals surface area contributed by atoms with E-state index in [-0.39, 0.29) is 6.42 Å². The first-order valence-electron chi connectivity index (χ1n) is 14.7. The van der Waals surface area contributed by atoms with Crippen molar-refractivity contribution >= 4 is 11.9 Å². The summed E-state index contributed by atoms with van der Waals surface area (Å²) in [4.78, 5) is 25.8. The van der Waals surface area contributed by atoms with E-state index in [1.165, 1.54) is 32.1 Å². The number of benzene rings is 3. The Kier molecular flexibility index (Phi) is 12.7. The fourth-order valence-corrected chi connectivity index (χ4v) is 5.27. The molecule has 1 atom stereocenters. The number of unbranched alkanes of at least 4 members (excludes halogenated alkanes) is 7. The molecule has 0 bridgehead atoms. The highest BCUT2D eigenvalue weighted by Gasteiger charge is 2.42. The highest BCUT2D eigenvalue weighted by atomic mass is 16.6. The minimum absolute atomic E-state index is 0.272. The number of aliphatic carboxylic acids is 1. The van der Waals surface area contributed by atoms with Gasteiger partial charge in [0.15, 0.2) is 5.60 Å². The van der Waals surface area contributed by atoms with Gasteiger partial charge >= 0.3 is 11.9 Å². The summed E-state index contributed by atoms with van der Waals surface area (Å²) in [5, 5.41) is 9.69. The van der Waals surface area contributed by atoms with E-state index in [0.717, 1.165) is 36.0 Å². The fraction of sp³-hybridized carbons (Fsp3) is 0.429. The number of hydrogen-bond acceptors (Lipinski definition) is 5. The molecule has 6 heteroatoms. The number of carbonyl (C=O) groups excluding carboxylic acids is 1. The van der Waals surface area contributed by atoms with Crippen molar-refractivity contribution in [2.75, 3.05) is 14.2 Å². The Labute approximate surface area is 244 Å². The van der Waals surface area contributed by atoms with E-state index < -0.39 is 23.5 Å². The Morgan fingerprint density at radius 1 is 0.683 bits per heavy atom. The molecule has 0 saturated carbocycles. The number of hydrogen-bond donors (Lipinski definition) is 1. The molecule has 0 amide bonds. The molecule has 41 heavy (non-hydrogen) atoms. The largest absolute Gasteiger partial charge is 0.497 e. The number of carbonyl (C=O) groups is 2. The monoisotopic (exact) mass is 560 g/mol. The molecule has 0 radical (unpaired) electrons. The Morgan fingerprint density at radius 3 is 1.61 bits per heavy atom. The highest BCUT2D eigenvalue weighted by molar-refractivity contribution is 5.80. The summed E-state index contributed by atoms with van der Waals surface area (Å²) in [7, 11) is 3.20. The van der Waals surface area contributed by atoms with Crippen molar-refractivity contribution in [3.8, 4) is 11.5 Å². The first kappa shape index (κ1) is 31.7. The lowest BCUT2D eigenvalue weighted by molar-refractivity contribution is -0.162. The quantitative estimate of drug-likeness (QED) is 0.0960. The number of methoxy groups -OCH3 is 2. The summed E-state index contributed by atoms with van der Waals surface area (Å²) in [6, 6.07) is 24.4. The Morgan fingerprint density at radius 2 is 1.15 bits per heavy atom. The minimum Gasteiger partial charge on any atom is -0.497 e. The van der Waals surface area contributed by atoms with Gasteiger partial charge in [0, 0.05) is 16.7 Å². The molecular formula is C35H44O6. The predicted octanol–water partition coefficient (Wildman–Crippen LogP) is 8.16. The van der Waals surface area contributed by atoms with Gasteiger partial charge in [0.25, 0.3) is 0 Å². The van der Waals surface area contributed by atoms with Crippen molar-refractivity contribution in [1.29, 1.82) is 0 Å². The lowest BCUT2D eigenvalue weighted by atomic mass is 9.79. The maximum absolute atomic E-state index is 14.0. The van der Waals surface area contributed by atoms with Gasteiger partial charge in [-0.2, -0.15) is 0 Å². The van der Waals surface area contributed by atoms with E-state index >= 15 is 0 Å². The number of rotatable bonds is 18. The summed E-state index contributed by atoms with van der Waals surface area (Å²) >= 11 is 0. The molecule has 3 aromatic carbocycles. The molecule has 1 unspecified atom stereocenters. The normalized spacial score (nSPS) is 12.0. The van der Waals surface area contributed by atoms with Crippen LogP contribution in [0.5, 0.6) is 11.5 Å². The number of carboxylic acid groups (broad SMARTS) is 1. The standard InChI is InChI=1S/C35H44O6/c1-4-5-6-7-8-9-10-12-15-27(26-33(36)37)34(38)41-35(28-16-13-11-14-17-28,29-18-22-31(39-2)23-19-29)30-20-24-32(40-3)25-21-30/h11,13-14,16-25,27H,4-10,12,15,26H2,1-3H3,(H,36,37). The van der Waals surface area contributed by atoms with Crippen molar-refractivity contribution in [3.63, 3.8) is 0 Å². The van der Waals surface area contributed by atoms with Gasteiger partial charge in [0.2, 0.25) is 0 Å². The van der Waals surface area contributed by atoms with Gasteiger partial charge in [-0.25, -0.2) is 0 Å².